The monoisotopic (exact) mass is 377 g/mol. The second kappa shape index (κ2) is 9.36. The molecule has 4 N–H and O–H groups in total. The number of pyridine rings is 1. The Balaban J connectivity index is 1.58. The van der Waals surface area contributed by atoms with Crippen molar-refractivity contribution in [2.24, 2.45) is 10.7 Å². The molecule has 2 aromatic carbocycles. The van der Waals surface area contributed by atoms with Crippen LogP contribution in [0.2, 0.25) is 0 Å². The third-order valence-electron chi connectivity index (χ3n) is 4.15. The molecule has 0 unspecified atom stereocenters. The van der Waals surface area contributed by atoms with E-state index in [4.69, 9.17) is 10.5 Å². The van der Waals surface area contributed by atoms with Gasteiger partial charge in [-0.25, -0.2) is 0 Å². The molecule has 0 fully saturated rings. The zero-order chi connectivity index (χ0) is 19.8. The largest absolute Gasteiger partial charge is 0.484 e. The molecule has 7 heteroatoms. The average molecular weight is 377 g/mol. The van der Waals surface area contributed by atoms with Crippen molar-refractivity contribution in [3.05, 3.63) is 71.9 Å². The van der Waals surface area contributed by atoms with Crippen molar-refractivity contribution in [1.82, 2.24) is 15.6 Å². The summed E-state index contributed by atoms with van der Waals surface area (Å²) in [5.74, 6) is 0.783. The topological polar surface area (TPSA) is 102 Å². The molecule has 28 heavy (non-hydrogen) atoms. The maximum Gasteiger partial charge on any atom is 0.255 e. The van der Waals surface area contributed by atoms with E-state index in [1.807, 2.05) is 48.7 Å². The van der Waals surface area contributed by atoms with E-state index in [0.717, 1.165) is 22.0 Å². The molecule has 0 saturated carbocycles. The van der Waals surface area contributed by atoms with E-state index in [1.54, 1.807) is 13.1 Å². The molecule has 0 aliphatic rings. The Morgan fingerprint density at radius 1 is 1.11 bits per heavy atom. The lowest BCUT2D eigenvalue weighted by atomic mass is 10.1. The van der Waals surface area contributed by atoms with E-state index in [9.17, 15) is 4.79 Å². The van der Waals surface area contributed by atoms with Gasteiger partial charge in [0.2, 0.25) is 0 Å². The zero-order valence-corrected chi connectivity index (χ0v) is 15.7. The SMILES string of the molecule is CN=C(NCc1cccc(OCC(N)=O)c1)NCc1ccnc2ccccc12. The van der Waals surface area contributed by atoms with Crippen molar-refractivity contribution in [1.29, 1.82) is 0 Å². The van der Waals surface area contributed by atoms with E-state index >= 15 is 0 Å². The van der Waals surface area contributed by atoms with Crippen LogP contribution in [0.4, 0.5) is 0 Å². The fourth-order valence-corrected chi connectivity index (χ4v) is 2.79. The Labute approximate surface area is 163 Å². The molecule has 3 aromatic rings. The first kappa shape index (κ1) is 19.2. The number of aliphatic imine (C=N–C) groups is 1. The first-order chi connectivity index (χ1) is 13.7. The number of carbonyl (C=O) groups excluding carboxylic acids is 1. The van der Waals surface area contributed by atoms with Crippen LogP contribution in [0.1, 0.15) is 11.1 Å². The van der Waals surface area contributed by atoms with Crippen molar-refractivity contribution in [2.45, 2.75) is 13.1 Å². The van der Waals surface area contributed by atoms with Crippen LogP contribution in [0.15, 0.2) is 65.8 Å². The molecule has 0 atom stereocenters. The molecule has 1 heterocycles. The maximum absolute atomic E-state index is 10.8. The number of fused-ring (bicyclic) bond motifs is 1. The van der Waals surface area contributed by atoms with Crippen LogP contribution in [0, 0.1) is 0 Å². The van der Waals surface area contributed by atoms with E-state index in [-0.39, 0.29) is 6.61 Å². The van der Waals surface area contributed by atoms with Crippen molar-refractivity contribution in [3.8, 4) is 5.75 Å². The molecular weight excluding hydrogens is 354 g/mol. The number of para-hydroxylation sites is 1. The molecule has 1 aromatic heterocycles. The lowest BCUT2D eigenvalue weighted by Gasteiger charge is -2.13. The van der Waals surface area contributed by atoms with Crippen LogP contribution < -0.4 is 21.1 Å². The molecule has 0 bridgehead atoms. The van der Waals surface area contributed by atoms with Gasteiger partial charge in [0, 0.05) is 31.7 Å². The quantitative estimate of drug-likeness (QED) is 0.432. The van der Waals surface area contributed by atoms with E-state index in [1.165, 1.54) is 0 Å². The van der Waals surface area contributed by atoms with Crippen LogP contribution >= 0.6 is 0 Å². The van der Waals surface area contributed by atoms with Gasteiger partial charge in [-0.05, 0) is 35.4 Å². The maximum atomic E-state index is 10.8. The minimum absolute atomic E-state index is 0.139. The number of hydrogen-bond acceptors (Lipinski definition) is 4. The number of aromatic nitrogens is 1. The molecule has 0 saturated heterocycles. The van der Waals surface area contributed by atoms with Gasteiger partial charge >= 0.3 is 0 Å². The predicted molar refractivity (Wildman–Crippen MR) is 110 cm³/mol. The van der Waals surface area contributed by atoms with Crippen molar-refractivity contribution < 1.29 is 9.53 Å². The highest BCUT2D eigenvalue weighted by Crippen LogP contribution is 2.16. The fraction of sp³-hybridized carbons (Fsp3) is 0.190. The number of hydrogen-bond donors (Lipinski definition) is 3. The third kappa shape index (κ3) is 5.20. The zero-order valence-electron chi connectivity index (χ0n) is 15.7. The van der Waals surface area contributed by atoms with E-state index in [2.05, 4.69) is 26.7 Å². The number of nitrogens with two attached hydrogens (primary N) is 1. The molecule has 0 radical (unpaired) electrons. The smallest absolute Gasteiger partial charge is 0.255 e. The van der Waals surface area contributed by atoms with Gasteiger partial charge in [-0.1, -0.05) is 30.3 Å². The Bertz CT molecular complexity index is 982. The summed E-state index contributed by atoms with van der Waals surface area (Å²) in [6, 6.07) is 17.5. The Morgan fingerprint density at radius 3 is 2.75 bits per heavy atom. The van der Waals surface area contributed by atoms with Crippen molar-refractivity contribution in [2.75, 3.05) is 13.7 Å². The molecule has 0 aliphatic heterocycles. The molecule has 1 amide bonds. The summed E-state index contributed by atoms with van der Waals surface area (Å²) < 4.78 is 5.33. The number of primary amides is 1. The van der Waals surface area contributed by atoms with Gasteiger partial charge in [-0.15, -0.1) is 0 Å². The number of rotatable bonds is 7. The Morgan fingerprint density at radius 2 is 1.93 bits per heavy atom. The molecule has 144 valence electrons. The number of carbonyl (C=O) groups is 1. The number of ether oxygens (including phenoxy) is 1. The highest BCUT2D eigenvalue weighted by molar-refractivity contribution is 5.83. The summed E-state index contributed by atoms with van der Waals surface area (Å²) in [5, 5.41) is 7.71. The third-order valence-corrected chi connectivity index (χ3v) is 4.15. The number of nitrogens with zero attached hydrogens (tertiary/aromatic N) is 2. The van der Waals surface area contributed by atoms with Gasteiger partial charge in [0.1, 0.15) is 5.75 Å². The second-order valence-electron chi connectivity index (χ2n) is 6.17. The lowest BCUT2D eigenvalue weighted by Crippen LogP contribution is -2.36. The van der Waals surface area contributed by atoms with Crippen molar-refractivity contribution >= 4 is 22.8 Å². The van der Waals surface area contributed by atoms with Gasteiger partial charge in [0.25, 0.3) is 5.91 Å². The van der Waals surface area contributed by atoms with Crippen LogP contribution in [0.5, 0.6) is 5.75 Å². The highest BCUT2D eigenvalue weighted by Gasteiger charge is 2.04. The van der Waals surface area contributed by atoms with Gasteiger partial charge in [-0.2, -0.15) is 0 Å². The molecular formula is C21H23N5O2. The number of guanidine groups is 1. The van der Waals surface area contributed by atoms with Crippen LogP contribution in [0.25, 0.3) is 10.9 Å². The normalized spacial score (nSPS) is 11.2. The second-order valence-corrected chi connectivity index (χ2v) is 6.17. The van der Waals surface area contributed by atoms with Gasteiger partial charge < -0.3 is 21.1 Å². The standard InChI is InChI=1S/C21H23N5O2/c1-23-21(25-12-15-5-4-6-17(11-15)28-14-20(22)27)26-13-16-9-10-24-19-8-3-2-7-18(16)19/h2-11H,12-14H2,1H3,(H2,22,27)(H2,23,25,26). The fourth-order valence-electron chi connectivity index (χ4n) is 2.79. The first-order valence-corrected chi connectivity index (χ1v) is 8.93. The van der Waals surface area contributed by atoms with E-state index in [0.29, 0.717) is 24.8 Å². The molecule has 0 aliphatic carbocycles. The van der Waals surface area contributed by atoms with Gasteiger partial charge in [-0.3, -0.25) is 14.8 Å². The summed E-state index contributed by atoms with van der Waals surface area (Å²) in [7, 11) is 1.73. The number of nitrogens with one attached hydrogen (secondary N) is 2. The summed E-state index contributed by atoms with van der Waals surface area (Å²) in [4.78, 5) is 19.5. The summed E-state index contributed by atoms with van der Waals surface area (Å²) >= 11 is 0. The summed E-state index contributed by atoms with van der Waals surface area (Å²) in [5.41, 5.74) is 8.22. The Hall–Kier alpha value is -3.61. The highest BCUT2D eigenvalue weighted by atomic mass is 16.5. The minimum atomic E-state index is -0.503. The van der Waals surface area contributed by atoms with Crippen LogP contribution in [0.3, 0.4) is 0 Å². The summed E-state index contributed by atoms with van der Waals surface area (Å²) in [6.45, 7) is 1.05. The molecule has 3 rings (SSSR count). The summed E-state index contributed by atoms with van der Waals surface area (Å²) in [6.07, 6.45) is 1.81. The van der Waals surface area contributed by atoms with Gasteiger partial charge in [0.05, 0.1) is 5.52 Å². The van der Waals surface area contributed by atoms with E-state index < -0.39 is 5.91 Å². The molecule has 0 spiro atoms. The predicted octanol–water partition coefficient (Wildman–Crippen LogP) is 1.96. The number of benzene rings is 2. The minimum Gasteiger partial charge on any atom is -0.484 e. The Kier molecular flexibility index (Phi) is 6.41. The number of amides is 1. The lowest BCUT2D eigenvalue weighted by molar-refractivity contribution is -0.119. The first-order valence-electron chi connectivity index (χ1n) is 8.93. The van der Waals surface area contributed by atoms with Crippen molar-refractivity contribution in [3.63, 3.8) is 0 Å². The van der Waals surface area contributed by atoms with Crippen LogP contribution in [-0.2, 0) is 17.9 Å². The molecule has 7 nitrogen and oxygen atoms in total. The van der Waals surface area contributed by atoms with Crippen LogP contribution in [-0.4, -0.2) is 30.5 Å². The van der Waals surface area contributed by atoms with Gasteiger partial charge in [0.15, 0.2) is 12.6 Å². The average Bonchev–Trinajstić information content (AvgIpc) is 2.72.